The van der Waals surface area contributed by atoms with Gasteiger partial charge in [0.1, 0.15) is 17.4 Å². The number of hydrogen-bond acceptors (Lipinski definition) is 8. The lowest BCUT2D eigenvalue weighted by Crippen LogP contribution is -2.47. The van der Waals surface area contributed by atoms with Gasteiger partial charge in [-0.1, -0.05) is 13.8 Å². The lowest BCUT2D eigenvalue weighted by atomic mass is 10.2. The molecule has 1 aliphatic heterocycles. The minimum absolute atomic E-state index is 0.0556. The van der Waals surface area contributed by atoms with Crippen molar-refractivity contribution < 1.29 is 9.15 Å². The van der Waals surface area contributed by atoms with Crippen molar-refractivity contribution in [3.63, 3.8) is 0 Å². The molecule has 0 aliphatic carbocycles. The van der Waals surface area contributed by atoms with E-state index < -0.39 is 0 Å². The SMILES string of the molecule is COc1ccc(-c2nnc([C@H](C)N3CCN(c4cc(C)nc(C(C)C)n4)CC3)o2)cc1. The van der Waals surface area contributed by atoms with E-state index in [1.165, 1.54) is 0 Å². The van der Waals surface area contributed by atoms with Crippen LogP contribution < -0.4 is 9.64 Å². The average Bonchev–Trinajstić information content (AvgIpc) is 3.28. The summed E-state index contributed by atoms with van der Waals surface area (Å²) >= 11 is 0. The highest BCUT2D eigenvalue weighted by Gasteiger charge is 2.26. The molecule has 0 bridgehead atoms. The van der Waals surface area contributed by atoms with Crippen LogP contribution in [0.4, 0.5) is 5.82 Å². The predicted octanol–water partition coefficient (Wildman–Crippen LogP) is 3.85. The molecule has 0 saturated carbocycles. The molecule has 0 N–H and O–H groups in total. The first-order valence-corrected chi connectivity index (χ1v) is 10.8. The average molecular weight is 423 g/mol. The zero-order chi connectivity index (χ0) is 22.0. The van der Waals surface area contributed by atoms with Gasteiger partial charge in [0.15, 0.2) is 0 Å². The minimum atomic E-state index is 0.0556. The molecule has 4 rings (SSSR count). The molecule has 8 nitrogen and oxygen atoms in total. The highest BCUT2D eigenvalue weighted by Crippen LogP contribution is 2.27. The number of piperazine rings is 1. The molecule has 1 fully saturated rings. The molecule has 1 aromatic carbocycles. The molecule has 3 heterocycles. The Labute approximate surface area is 183 Å². The van der Waals surface area contributed by atoms with Crippen molar-refractivity contribution >= 4 is 5.82 Å². The predicted molar refractivity (Wildman–Crippen MR) is 119 cm³/mol. The third-order valence-electron chi connectivity index (χ3n) is 5.70. The summed E-state index contributed by atoms with van der Waals surface area (Å²) in [5.41, 5.74) is 1.90. The van der Waals surface area contributed by atoms with E-state index in [1.807, 2.05) is 31.2 Å². The van der Waals surface area contributed by atoms with Crippen molar-refractivity contribution in [2.45, 2.75) is 39.7 Å². The standard InChI is InChI=1S/C23H30N6O2/c1-15(2)21-24-16(3)14-20(25-21)29-12-10-28(11-13-29)17(4)22-26-27-23(31-22)18-6-8-19(30-5)9-7-18/h6-9,14-15,17H,10-13H2,1-5H3/t17-/m0/s1. The molecule has 0 amide bonds. The summed E-state index contributed by atoms with van der Waals surface area (Å²) in [6.45, 7) is 12.0. The minimum Gasteiger partial charge on any atom is -0.497 e. The number of nitrogens with zero attached hydrogens (tertiary/aromatic N) is 6. The quantitative estimate of drug-likeness (QED) is 0.593. The molecule has 2 aromatic heterocycles. The zero-order valence-corrected chi connectivity index (χ0v) is 18.9. The third kappa shape index (κ3) is 4.69. The van der Waals surface area contributed by atoms with Crippen LogP contribution >= 0.6 is 0 Å². The number of rotatable bonds is 6. The summed E-state index contributed by atoms with van der Waals surface area (Å²) in [5.74, 6) is 4.21. The van der Waals surface area contributed by atoms with E-state index >= 15 is 0 Å². The Morgan fingerprint density at radius 3 is 2.32 bits per heavy atom. The van der Waals surface area contributed by atoms with E-state index in [-0.39, 0.29) is 6.04 Å². The molecule has 164 valence electrons. The van der Waals surface area contributed by atoms with Crippen molar-refractivity contribution in [2.75, 3.05) is 38.2 Å². The molecule has 1 atom stereocenters. The smallest absolute Gasteiger partial charge is 0.247 e. The van der Waals surface area contributed by atoms with Gasteiger partial charge >= 0.3 is 0 Å². The van der Waals surface area contributed by atoms with Crippen LogP contribution in [-0.2, 0) is 0 Å². The maximum Gasteiger partial charge on any atom is 0.247 e. The van der Waals surface area contributed by atoms with Gasteiger partial charge in [-0.2, -0.15) is 0 Å². The van der Waals surface area contributed by atoms with Crippen LogP contribution in [0.1, 0.15) is 50.1 Å². The molecule has 0 spiro atoms. The van der Waals surface area contributed by atoms with Crippen molar-refractivity contribution in [2.24, 2.45) is 0 Å². The molecule has 1 saturated heterocycles. The van der Waals surface area contributed by atoms with Crippen molar-refractivity contribution in [3.8, 4) is 17.2 Å². The highest BCUT2D eigenvalue weighted by atomic mass is 16.5. The van der Waals surface area contributed by atoms with Crippen LogP contribution in [0.2, 0.25) is 0 Å². The molecular weight excluding hydrogens is 392 g/mol. The number of hydrogen-bond donors (Lipinski definition) is 0. The third-order valence-corrected chi connectivity index (χ3v) is 5.70. The first-order chi connectivity index (χ1) is 14.9. The Bertz CT molecular complexity index is 1010. The number of ether oxygens (including phenoxy) is 1. The Kier molecular flexibility index (Phi) is 6.18. The van der Waals surface area contributed by atoms with E-state index in [0.29, 0.717) is 17.7 Å². The monoisotopic (exact) mass is 422 g/mol. The van der Waals surface area contributed by atoms with Gasteiger partial charge in [-0.3, -0.25) is 4.90 Å². The maximum absolute atomic E-state index is 5.99. The first-order valence-electron chi connectivity index (χ1n) is 10.8. The van der Waals surface area contributed by atoms with Gasteiger partial charge in [-0.15, -0.1) is 10.2 Å². The van der Waals surface area contributed by atoms with Crippen molar-refractivity contribution in [3.05, 3.63) is 47.7 Å². The topological polar surface area (TPSA) is 80.4 Å². The van der Waals surface area contributed by atoms with Crippen LogP contribution in [0.15, 0.2) is 34.7 Å². The van der Waals surface area contributed by atoms with Crippen LogP contribution in [0.5, 0.6) is 5.75 Å². The van der Waals surface area contributed by atoms with Crippen molar-refractivity contribution in [1.82, 2.24) is 25.1 Å². The second kappa shape index (κ2) is 9.01. The van der Waals surface area contributed by atoms with Gasteiger partial charge in [0.05, 0.1) is 13.2 Å². The van der Waals surface area contributed by atoms with Crippen LogP contribution in [0.3, 0.4) is 0 Å². The fourth-order valence-electron chi connectivity index (χ4n) is 3.74. The zero-order valence-electron chi connectivity index (χ0n) is 18.9. The Morgan fingerprint density at radius 2 is 1.68 bits per heavy atom. The maximum atomic E-state index is 5.99. The number of methoxy groups -OCH3 is 1. The summed E-state index contributed by atoms with van der Waals surface area (Å²) in [6.07, 6.45) is 0. The Balaban J connectivity index is 1.40. The first kappa shape index (κ1) is 21.2. The summed E-state index contributed by atoms with van der Waals surface area (Å²) < 4.78 is 11.2. The lowest BCUT2D eigenvalue weighted by Gasteiger charge is -2.37. The second-order valence-corrected chi connectivity index (χ2v) is 8.25. The Hall–Kier alpha value is -3.00. The van der Waals surface area contributed by atoms with Gasteiger partial charge in [-0.25, -0.2) is 9.97 Å². The molecule has 3 aromatic rings. The molecule has 0 unspecified atom stereocenters. The van der Waals surface area contributed by atoms with Gasteiger partial charge < -0.3 is 14.1 Å². The molecular formula is C23H30N6O2. The number of anilines is 1. The largest absolute Gasteiger partial charge is 0.497 e. The van der Waals surface area contributed by atoms with E-state index in [4.69, 9.17) is 14.1 Å². The number of benzene rings is 1. The summed E-state index contributed by atoms with van der Waals surface area (Å²) in [6, 6.07) is 9.76. The van der Waals surface area contributed by atoms with Gasteiger partial charge in [-0.05, 0) is 38.1 Å². The van der Waals surface area contributed by atoms with Crippen LogP contribution in [0, 0.1) is 6.92 Å². The van der Waals surface area contributed by atoms with Gasteiger partial charge in [0.25, 0.3) is 0 Å². The van der Waals surface area contributed by atoms with Crippen molar-refractivity contribution in [1.29, 1.82) is 0 Å². The van der Waals surface area contributed by atoms with Crippen LogP contribution in [-0.4, -0.2) is 58.4 Å². The van der Waals surface area contributed by atoms with E-state index in [1.54, 1.807) is 7.11 Å². The second-order valence-electron chi connectivity index (χ2n) is 8.25. The highest BCUT2D eigenvalue weighted by molar-refractivity contribution is 5.54. The number of aryl methyl sites for hydroxylation is 1. The Morgan fingerprint density at radius 1 is 0.968 bits per heavy atom. The number of aromatic nitrogens is 4. The molecule has 1 aliphatic rings. The lowest BCUT2D eigenvalue weighted by molar-refractivity contribution is 0.173. The van der Waals surface area contributed by atoms with E-state index in [2.05, 4.69) is 51.8 Å². The summed E-state index contributed by atoms with van der Waals surface area (Å²) in [4.78, 5) is 14.1. The van der Waals surface area contributed by atoms with Crippen LogP contribution in [0.25, 0.3) is 11.5 Å². The van der Waals surface area contributed by atoms with E-state index in [0.717, 1.165) is 54.8 Å². The molecule has 0 radical (unpaired) electrons. The fourth-order valence-corrected chi connectivity index (χ4v) is 3.74. The van der Waals surface area contributed by atoms with Gasteiger partial charge in [0.2, 0.25) is 11.8 Å². The molecule has 31 heavy (non-hydrogen) atoms. The van der Waals surface area contributed by atoms with E-state index in [9.17, 15) is 0 Å². The normalized spacial score (nSPS) is 16.0. The molecule has 8 heteroatoms. The van der Waals surface area contributed by atoms with Gasteiger partial charge in [0, 0.05) is 49.4 Å². The fraction of sp³-hybridized carbons (Fsp3) is 0.478. The summed E-state index contributed by atoms with van der Waals surface area (Å²) in [5, 5.41) is 8.55. The summed E-state index contributed by atoms with van der Waals surface area (Å²) in [7, 11) is 1.65.